The van der Waals surface area contributed by atoms with Crippen LogP contribution in [0.3, 0.4) is 0 Å². The summed E-state index contributed by atoms with van der Waals surface area (Å²) in [6.45, 7) is 6.99. The van der Waals surface area contributed by atoms with Crippen molar-refractivity contribution >= 4 is 26.6 Å². The van der Waals surface area contributed by atoms with E-state index in [-0.39, 0.29) is 0 Å². The number of rotatable bonds is 4. The average molecular weight is 205 g/mol. The van der Waals surface area contributed by atoms with E-state index in [4.69, 9.17) is 16.9 Å². The largest absolute Gasteiger partial charge is 0.485 e. The lowest BCUT2D eigenvalue weighted by Gasteiger charge is -2.37. The molecular weight excluding hydrogens is 190 g/mol. The molecule has 5 heteroatoms. The maximum Gasteiger partial charge on any atom is 0.376 e. The molecule has 0 saturated carbocycles. The van der Waals surface area contributed by atoms with Crippen molar-refractivity contribution in [2.45, 2.75) is 38.9 Å². The predicted molar refractivity (Wildman–Crippen MR) is 60.9 cm³/mol. The molecule has 0 spiro atoms. The van der Waals surface area contributed by atoms with Gasteiger partial charge in [0, 0.05) is 5.66 Å². The van der Waals surface area contributed by atoms with E-state index in [9.17, 15) is 5.11 Å². The van der Waals surface area contributed by atoms with Crippen molar-refractivity contribution < 1.29 is 14.2 Å². The van der Waals surface area contributed by atoms with Gasteiger partial charge >= 0.3 is 7.48 Å². The molecule has 1 heterocycles. The molecule has 1 aromatic heterocycles. The third-order valence-electron chi connectivity index (χ3n) is 2.59. The van der Waals surface area contributed by atoms with Crippen molar-refractivity contribution in [3.05, 3.63) is 12.1 Å². The summed E-state index contributed by atoms with van der Waals surface area (Å²) in [5.41, 5.74) is -0.772. The van der Waals surface area contributed by atoms with E-state index in [1.54, 1.807) is 39.8 Å². The molecule has 3 radical (unpaired) electrons. The van der Waals surface area contributed by atoms with Crippen LogP contribution in [0, 0.1) is 0 Å². The van der Waals surface area contributed by atoms with Crippen LogP contribution in [0.2, 0.25) is 0 Å². The summed E-state index contributed by atoms with van der Waals surface area (Å²) >= 11 is 0. The molecule has 0 fully saturated rings. The summed E-state index contributed by atoms with van der Waals surface area (Å²) < 4.78 is 10.6. The quantitative estimate of drug-likeness (QED) is 0.696. The molecule has 79 valence electrons. The van der Waals surface area contributed by atoms with Crippen LogP contribution in [0.1, 0.15) is 27.7 Å². The van der Waals surface area contributed by atoms with E-state index < -0.39 is 11.2 Å². The summed E-state index contributed by atoms with van der Waals surface area (Å²) in [5, 5.41) is 9.83. The first-order valence-electron chi connectivity index (χ1n) is 4.81. The van der Waals surface area contributed by atoms with Gasteiger partial charge < -0.3 is 14.2 Å². The summed E-state index contributed by atoms with van der Waals surface area (Å²) in [5.74, 6) is 0. The van der Waals surface area contributed by atoms with Gasteiger partial charge in [-0.2, -0.15) is 0 Å². The minimum Gasteiger partial charge on any atom is -0.485 e. The molecule has 1 aromatic rings. The van der Waals surface area contributed by atoms with E-state index in [0.29, 0.717) is 11.3 Å². The first-order chi connectivity index (χ1) is 6.72. The lowest BCUT2D eigenvalue weighted by molar-refractivity contribution is -0.0895. The van der Waals surface area contributed by atoms with Gasteiger partial charge in [-0.3, -0.25) is 0 Å². The first-order valence-corrected chi connectivity index (χ1v) is 4.81. The Morgan fingerprint density at radius 3 is 2.33 bits per heavy atom. The van der Waals surface area contributed by atoms with E-state index >= 15 is 0 Å². The minimum absolute atomic E-state index is 0.339. The summed E-state index contributed by atoms with van der Waals surface area (Å²) in [6, 6.07) is 3.35. The van der Waals surface area contributed by atoms with Crippen molar-refractivity contribution in [2.75, 3.05) is 0 Å². The predicted octanol–water partition coefficient (Wildman–Crippen LogP) is -0.116. The minimum atomic E-state index is -0.943. The van der Waals surface area contributed by atoms with E-state index in [0.717, 1.165) is 0 Å². The second-order valence-electron chi connectivity index (χ2n) is 4.55. The molecule has 1 N–H and O–H groups in total. The lowest BCUT2D eigenvalue weighted by Crippen LogP contribution is -2.49. The molecule has 0 amide bonds. The monoisotopic (exact) mass is 205 g/mol. The highest BCUT2D eigenvalue weighted by Gasteiger charge is 2.35. The molecule has 0 atom stereocenters. The standard InChI is InChI=1S/C10H15B2O3/c1-9(2,13)10(3,4)15-12-8-6-5-7(11)14-8/h5-6,13H,1-4H3. The smallest absolute Gasteiger partial charge is 0.376 e. The molecule has 0 aliphatic carbocycles. The first kappa shape index (κ1) is 12.4. The van der Waals surface area contributed by atoms with Crippen molar-refractivity contribution in [1.82, 2.24) is 0 Å². The fraction of sp³-hybridized carbons (Fsp3) is 0.600. The summed E-state index contributed by atoms with van der Waals surface area (Å²) in [4.78, 5) is 0. The second-order valence-corrected chi connectivity index (χ2v) is 4.55. The van der Waals surface area contributed by atoms with Crippen LogP contribution in [0.15, 0.2) is 16.5 Å². The third-order valence-corrected chi connectivity index (χ3v) is 2.59. The topological polar surface area (TPSA) is 42.6 Å². The third kappa shape index (κ3) is 3.14. The Balaban J connectivity index is 2.57. The molecule has 0 bridgehead atoms. The maximum absolute atomic E-state index is 9.83. The van der Waals surface area contributed by atoms with Crippen molar-refractivity contribution in [2.24, 2.45) is 0 Å². The molecule has 1 rings (SSSR count). The Hall–Kier alpha value is -0.670. The van der Waals surface area contributed by atoms with Gasteiger partial charge in [-0.1, -0.05) is 0 Å². The van der Waals surface area contributed by atoms with Crippen molar-refractivity contribution in [3.63, 3.8) is 0 Å². The van der Waals surface area contributed by atoms with Crippen LogP contribution in [0.5, 0.6) is 0 Å². The van der Waals surface area contributed by atoms with E-state index in [1.165, 1.54) is 7.48 Å². The molecule has 0 aromatic carbocycles. The van der Waals surface area contributed by atoms with Gasteiger partial charge in [0.05, 0.1) is 16.9 Å². The number of furan rings is 1. The van der Waals surface area contributed by atoms with Crippen LogP contribution < -0.4 is 11.3 Å². The van der Waals surface area contributed by atoms with Crippen LogP contribution in [0.25, 0.3) is 0 Å². The molecule has 15 heavy (non-hydrogen) atoms. The summed E-state index contributed by atoms with van der Waals surface area (Å²) in [7, 11) is 6.86. The Morgan fingerprint density at radius 1 is 1.33 bits per heavy atom. The van der Waals surface area contributed by atoms with Crippen molar-refractivity contribution in [1.29, 1.82) is 0 Å². The zero-order valence-corrected chi connectivity index (χ0v) is 9.57. The van der Waals surface area contributed by atoms with Crippen LogP contribution in [-0.2, 0) is 4.65 Å². The number of aliphatic hydroxyl groups is 1. The van der Waals surface area contributed by atoms with Crippen LogP contribution in [-0.4, -0.2) is 31.6 Å². The zero-order valence-electron chi connectivity index (χ0n) is 9.57. The Morgan fingerprint density at radius 2 is 1.93 bits per heavy atom. The normalized spacial score (nSPS) is 12.9. The number of hydrogen-bond acceptors (Lipinski definition) is 3. The zero-order chi connectivity index (χ0) is 11.7. The van der Waals surface area contributed by atoms with Gasteiger partial charge in [-0.05, 0) is 39.8 Å². The second kappa shape index (κ2) is 4.06. The molecule has 0 aliphatic heterocycles. The van der Waals surface area contributed by atoms with E-state index in [1.807, 2.05) is 0 Å². The average Bonchev–Trinajstić information content (AvgIpc) is 2.46. The summed E-state index contributed by atoms with van der Waals surface area (Å²) in [6.07, 6.45) is 0. The Kier molecular flexibility index (Phi) is 3.36. The Bertz CT molecular complexity index is 326. The van der Waals surface area contributed by atoms with Gasteiger partial charge in [-0.25, -0.2) is 0 Å². The lowest BCUT2D eigenvalue weighted by atomic mass is 9.85. The maximum atomic E-state index is 9.83. The van der Waals surface area contributed by atoms with E-state index in [2.05, 4.69) is 0 Å². The van der Waals surface area contributed by atoms with Crippen LogP contribution in [0.4, 0.5) is 0 Å². The van der Waals surface area contributed by atoms with Crippen molar-refractivity contribution in [3.8, 4) is 0 Å². The molecule has 0 unspecified atom stereocenters. The van der Waals surface area contributed by atoms with Gasteiger partial charge in [0.2, 0.25) is 0 Å². The highest BCUT2D eigenvalue weighted by molar-refractivity contribution is 6.45. The molecule has 0 aliphatic rings. The molecule has 0 saturated heterocycles. The number of hydrogen-bond donors (Lipinski definition) is 1. The highest BCUT2D eigenvalue weighted by atomic mass is 16.5. The van der Waals surface area contributed by atoms with Gasteiger partial charge in [0.25, 0.3) is 0 Å². The van der Waals surface area contributed by atoms with Gasteiger partial charge in [-0.15, -0.1) is 0 Å². The van der Waals surface area contributed by atoms with Gasteiger partial charge in [0.1, 0.15) is 0 Å². The Labute approximate surface area is 92.5 Å². The fourth-order valence-corrected chi connectivity index (χ4v) is 0.781. The van der Waals surface area contributed by atoms with Gasteiger partial charge in [0.15, 0.2) is 7.85 Å². The SMILES string of the molecule is [B]c1ccc([B]OC(C)(C)C(C)(C)O)o1. The molecular formula is C10H15B2O3. The fourth-order valence-electron chi connectivity index (χ4n) is 0.781. The van der Waals surface area contributed by atoms with Crippen LogP contribution >= 0.6 is 0 Å². The highest BCUT2D eigenvalue weighted by Crippen LogP contribution is 2.24. The molecule has 3 nitrogen and oxygen atoms in total.